The first kappa shape index (κ1) is 30.8. The molecule has 1 aromatic rings. The average molecular weight is 526 g/mol. The van der Waals surface area contributed by atoms with Gasteiger partial charge in [-0.1, -0.05) is 19.1 Å². The van der Waals surface area contributed by atoms with Gasteiger partial charge in [-0.15, -0.1) is 0 Å². The van der Waals surface area contributed by atoms with Crippen molar-refractivity contribution in [1.29, 1.82) is 0 Å². The maximum Gasteiger partial charge on any atom is 0.305 e. The van der Waals surface area contributed by atoms with Crippen LogP contribution in [0.25, 0.3) is 0 Å². The second-order valence-corrected chi connectivity index (χ2v) is 7.95. The molecule has 1 aliphatic heterocycles. The number of benzene rings is 1. The normalized spacial score (nSPS) is 12.8. The first-order chi connectivity index (χ1) is 18.1. The number of rotatable bonds is 23. The fraction of sp³-hybridized carbons (Fsp3) is 0.654. The minimum Gasteiger partial charge on any atom is -0.463 e. The lowest BCUT2D eigenvalue weighted by Gasteiger charge is -2.13. The molecular formula is C26H39NO10. The van der Waals surface area contributed by atoms with Gasteiger partial charge in [-0.2, -0.15) is 0 Å². The summed E-state index contributed by atoms with van der Waals surface area (Å²) in [5.41, 5.74) is 0.882. The lowest BCUT2D eigenvalue weighted by Crippen LogP contribution is -2.33. The molecule has 0 fully saturated rings. The number of hydrogen-bond acceptors (Lipinski definition) is 10. The van der Waals surface area contributed by atoms with E-state index in [1.807, 2.05) is 6.92 Å². The third kappa shape index (κ3) is 12.6. The molecule has 0 bridgehead atoms. The number of carbonyl (C=O) groups excluding carboxylic acids is 3. The van der Waals surface area contributed by atoms with Gasteiger partial charge in [0, 0.05) is 6.42 Å². The zero-order valence-corrected chi connectivity index (χ0v) is 21.7. The summed E-state index contributed by atoms with van der Waals surface area (Å²) in [5, 5.41) is 0. The molecule has 0 saturated carbocycles. The molecule has 0 radical (unpaired) electrons. The predicted molar refractivity (Wildman–Crippen MR) is 133 cm³/mol. The number of hydrogen-bond donors (Lipinski definition) is 0. The van der Waals surface area contributed by atoms with E-state index in [0.29, 0.717) is 90.2 Å². The summed E-state index contributed by atoms with van der Waals surface area (Å²) >= 11 is 0. The first-order valence-electron chi connectivity index (χ1n) is 12.7. The zero-order chi connectivity index (χ0) is 26.6. The Balaban J connectivity index is 1.26. The van der Waals surface area contributed by atoms with Crippen LogP contribution >= 0.6 is 0 Å². The standard InChI is InChI=1S/C26H39NO10/c1-2-5-24(28)37-21-20-36-19-18-35-17-16-34-15-14-33-13-12-32-11-10-31-9-8-27-25(29)22-6-3-4-7-23(22)26(27)30/h3-4,6-7H,2,5,8-21H2,1H3. The van der Waals surface area contributed by atoms with Crippen molar-refractivity contribution in [3.05, 3.63) is 35.4 Å². The van der Waals surface area contributed by atoms with Crippen LogP contribution in [0.2, 0.25) is 0 Å². The van der Waals surface area contributed by atoms with E-state index in [-0.39, 0.29) is 37.5 Å². The van der Waals surface area contributed by atoms with Gasteiger partial charge in [0.2, 0.25) is 0 Å². The van der Waals surface area contributed by atoms with E-state index in [0.717, 1.165) is 6.42 Å². The van der Waals surface area contributed by atoms with Crippen molar-refractivity contribution in [2.24, 2.45) is 0 Å². The van der Waals surface area contributed by atoms with Gasteiger partial charge in [0.1, 0.15) is 6.61 Å². The Morgan fingerprint density at radius 2 is 1.00 bits per heavy atom. The molecule has 1 aliphatic rings. The maximum absolute atomic E-state index is 12.2. The number of ether oxygens (including phenoxy) is 7. The smallest absolute Gasteiger partial charge is 0.305 e. The minimum absolute atomic E-state index is 0.197. The highest BCUT2D eigenvalue weighted by Gasteiger charge is 2.34. The molecule has 0 N–H and O–H groups in total. The lowest BCUT2D eigenvalue weighted by molar-refractivity contribution is -0.145. The topological polar surface area (TPSA) is 119 Å². The summed E-state index contributed by atoms with van der Waals surface area (Å²) in [6.07, 6.45) is 1.21. The molecule has 2 rings (SSSR count). The van der Waals surface area contributed by atoms with Gasteiger partial charge in [-0.3, -0.25) is 19.3 Å². The van der Waals surface area contributed by atoms with Crippen LogP contribution in [0.4, 0.5) is 0 Å². The molecule has 2 amide bonds. The monoisotopic (exact) mass is 525 g/mol. The third-order valence-corrected chi connectivity index (χ3v) is 5.14. The summed E-state index contributed by atoms with van der Waals surface area (Å²) in [5.74, 6) is -0.754. The summed E-state index contributed by atoms with van der Waals surface area (Å²) in [6.45, 7) is 7.41. The van der Waals surface area contributed by atoms with E-state index in [4.69, 9.17) is 33.2 Å². The predicted octanol–water partition coefficient (Wildman–Crippen LogP) is 1.73. The van der Waals surface area contributed by atoms with Crippen molar-refractivity contribution in [2.45, 2.75) is 19.8 Å². The molecule has 11 heteroatoms. The molecule has 0 aromatic heterocycles. The molecular weight excluding hydrogens is 486 g/mol. The van der Waals surface area contributed by atoms with Crippen molar-refractivity contribution in [2.75, 3.05) is 92.4 Å². The average Bonchev–Trinajstić information content (AvgIpc) is 3.14. The summed E-state index contributed by atoms with van der Waals surface area (Å²) in [7, 11) is 0. The Morgan fingerprint density at radius 1 is 0.622 bits per heavy atom. The Morgan fingerprint density at radius 3 is 1.41 bits per heavy atom. The molecule has 0 spiro atoms. The SMILES string of the molecule is CCCC(=O)OCCOCCOCCOCCOCCOCCOCCN1C(=O)c2ccccc2C1=O. The molecule has 1 heterocycles. The Labute approximate surface area is 218 Å². The largest absolute Gasteiger partial charge is 0.463 e. The Kier molecular flexibility index (Phi) is 16.4. The number of esters is 1. The molecule has 208 valence electrons. The maximum atomic E-state index is 12.2. The second kappa shape index (κ2) is 19.7. The van der Waals surface area contributed by atoms with E-state index < -0.39 is 0 Å². The molecule has 0 aliphatic carbocycles. The zero-order valence-electron chi connectivity index (χ0n) is 21.7. The van der Waals surface area contributed by atoms with E-state index in [2.05, 4.69) is 0 Å². The Bertz CT molecular complexity index is 768. The van der Waals surface area contributed by atoms with Gasteiger partial charge in [-0.05, 0) is 18.6 Å². The van der Waals surface area contributed by atoms with Crippen molar-refractivity contribution >= 4 is 17.8 Å². The number of carbonyl (C=O) groups is 3. The first-order valence-corrected chi connectivity index (χ1v) is 12.7. The van der Waals surface area contributed by atoms with Gasteiger partial charge < -0.3 is 33.2 Å². The molecule has 0 unspecified atom stereocenters. The lowest BCUT2D eigenvalue weighted by atomic mass is 10.1. The molecule has 11 nitrogen and oxygen atoms in total. The minimum atomic E-state index is -0.279. The van der Waals surface area contributed by atoms with Crippen LogP contribution in [0.1, 0.15) is 40.5 Å². The molecule has 37 heavy (non-hydrogen) atoms. The molecule has 1 aromatic carbocycles. The van der Waals surface area contributed by atoms with Crippen molar-refractivity contribution in [3.8, 4) is 0 Å². The number of imide groups is 1. The van der Waals surface area contributed by atoms with Crippen LogP contribution in [-0.2, 0) is 38.0 Å². The number of nitrogens with zero attached hydrogens (tertiary/aromatic N) is 1. The van der Waals surface area contributed by atoms with Crippen LogP contribution in [0.3, 0.4) is 0 Å². The van der Waals surface area contributed by atoms with E-state index >= 15 is 0 Å². The van der Waals surface area contributed by atoms with Crippen molar-refractivity contribution in [1.82, 2.24) is 4.90 Å². The van der Waals surface area contributed by atoms with Gasteiger partial charge in [0.05, 0.1) is 97.0 Å². The van der Waals surface area contributed by atoms with Gasteiger partial charge in [0.15, 0.2) is 0 Å². The Hall–Kier alpha value is -2.41. The molecule has 0 atom stereocenters. The van der Waals surface area contributed by atoms with Crippen LogP contribution in [-0.4, -0.2) is 115 Å². The van der Waals surface area contributed by atoms with Gasteiger partial charge >= 0.3 is 5.97 Å². The molecule has 0 saturated heterocycles. The van der Waals surface area contributed by atoms with E-state index in [9.17, 15) is 14.4 Å². The number of fused-ring (bicyclic) bond motifs is 1. The van der Waals surface area contributed by atoms with Crippen molar-refractivity contribution < 1.29 is 47.5 Å². The highest BCUT2D eigenvalue weighted by molar-refractivity contribution is 6.21. The fourth-order valence-electron chi connectivity index (χ4n) is 3.29. The highest BCUT2D eigenvalue weighted by Crippen LogP contribution is 2.21. The number of amides is 2. The highest BCUT2D eigenvalue weighted by atomic mass is 16.6. The van der Waals surface area contributed by atoms with Crippen molar-refractivity contribution in [3.63, 3.8) is 0 Å². The quantitative estimate of drug-likeness (QED) is 0.119. The second-order valence-electron chi connectivity index (χ2n) is 7.95. The van der Waals surface area contributed by atoms with Gasteiger partial charge in [0.25, 0.3) is 11.8 Å². The van der Waals surface area contributed by atoms with E-state index in [1.165, 1.54) is 4.90 Å². The van der Waals surface area contributed by atoms with Crippen LogP contribution in [0, 0.1) is 0 Å². The van der Waals surface area contributed by atoms with Gasteiger partial charge in [-0.25, -0.2) is 0 Å². The fourth-order valence-corrected chi connectivity index (χ4v) is 3.29. The van der Waals surface area contributed by atoms with Crippen LogP contribution in [0.15, 0.2) is 24.3 Å². The summed E-state index contributed by atoms with van der Waals surface area (Å²) < 4.78 is 37.4. The van der Waals surface area contributed by atoms with Crippen LogP contribution < -0.4 is 0 Å². The summed E-state index contributed by atoms with van der Waals surface area (Å²) in [4.78, 5) is 36.9. The third-order valence-electron chi connectivity index (χ3n) is 5.14. The van der Waals surface area contributed by atoms with Crippen LogP contribution in [0.5, 0.6) is 0 Å². The summed E-state index contributed by atoms with van der Waals surface area (Å²) in [6, 6.07) is 6.80. The van der Waals surface area contributed by atoms with E-state index in [1.54, 1.807) is 24.3 Å².